The molecule has 2 nitrogen and oxygen atoms in total. The van der Waals surface area contributed by atoms with Crippen molar-refractivity contribution >= 4 is 5.78 Å². The fourth-order valence-corrected chi connectivity index (χ4v) is 2.27. The van der Waals surface area contributed by atoms with Crippen LogP contribution < -0.4 is 0 Å². The lowest BCUT2D eigenvalue weighted by Gasteiger charge is -2.29. The Morgan fingerprint density at radius 3 is 2.24 bits per heavy atom. The predicted octanol–water partition coefficient (Wildman–Crippen LogP) is 3.69. The van der Waals surface area contributed by atoms with E-state index in [-0.39, 0.29) is 5.78 Å². The average Bonchev–Trinajstić information content (AvgIpc) is 2.32. The highest BCUT2D eigenvalue weighted by Gasteiger charge is 2.35. The fourth-order valence-electron chi connectivity index (χ4n) is 2.27. The summed E-state index contributed by atoms with van der Waals surface area (Å²) in [7, 11) is 1.62. The van der Waals surface area contributed by atoms with E-state index < -0.39 is 5.60 Å². The topological polar surface area (TPSA) is 26.3 Å². The summed E-state index contributed by atoms with van der Waals surface area (Å²) in [5.74, 6) is 0.0995. The molecule has 0 heterocycles. The second-order valence-electron chi connectivity index (χ2n) is 4.55. The maximum Gasteiger partial charge on any atom is 0.194 e. The molecule has 0 unspecified atom stereocenters. The summed E-state index contributed by atoms with van der Waals surface area (Å²) in [5, 5.41) is 0. The molecule has 0 saturated carbocycles. The first-order chi connectivity index (χ1) is 8.00. The van der Waals surface area contributed by atoms with Gasteiger partial charge in [-0.2, -0.15) is 0 Å². The van der Waals surface area contributed by atoms with Gasteiger partial charge in [0.25, 0.3) is 0 Å². The zero-order valence-electron chi connectivity index (χ0n) is 11.5. The number of methoxy groups -OCH3 is 1. The van der Waals surface area contributed by atoms with Crippen LogP contribution in [0, 0.1) is 13.8 Å². The molecule has 0 atom stereocenters. The molecule has 0 amide bonds. The van der Waals surface area contributed by atoms with Crippen LogP contribution in [0.2, 0.25) is 0 Å². The number of ketones is 1. The van der Waals surface area contributed by atoms with Gasteiger partial charge < -0.3 is 4.74 Å². The van der Waals surface area contributed by atoms with Crippen molar-refractivity contribution < 1.29 is 9.53 Å². The van der Waals surface area contributed by atoms with Crippen LogP contribution in [-0.4, -0.2) is 18.5 Å². The number of hydrogen-bond acceptors (Lipinski definition) is 2. The number of carbonyl (C=O) groups excluding carboxylic acids is 1. The van der Waals surface area contributed by atoms with E-state index in [9.17, 15) is 4.79 Å². The van der Waals surface area contributed by atoms with Crippen LogP contribution in [0.25, 0.3) is 0 Å². The first-order valence-corrected chi connectivity index (χ1v) is 6.18. The summed E-state index contributed by atoms with van der Waals surface area (Å²) in [6, 6.07) is 5.93. The normalized spacial score (nSPS) is 11.6. The largest absolute Gasteiger partial charge is 0.370 e. The molecular formula is C15H22O2. The minimum atomic E-state index is -0.667. The van der Waals surface area contributed by atoms with Crippen molar-refractivity contribution in [3.63, 3.8) is 0 Å². The van der Waals surface area contributed by atoms with E-state index in [1.165, 1.54) is 5.56 Å². The molecule has 0 fully saturated rings. The lowest BCUT2D eigenvalue weighted by atomic mass is 9.85. The molecule has 0 radical (unpaired) electrons. The Morgan fingerprint density at radius 2 is 1.82 bits per heavy atom. The number of benzene rings is 1. The van der Waals surface area contributed by atoms with Crippen molar-refractivity contribution in [3.05, 3.63) is 34.9 Å². The predicted molar refractivity (Wildman–Crippen MR) is 70.6 cm³/mol. The molecular weight excluding hydrogens is 212 g/mol. The fraction of sp³-hybridized carbons (Fsp3) is 0.533. The number of ether oxygens (including phenoxy) is 1. The molecule has 0 N–H and O–H groups in total. The number of hydrogen-bond donors (Lipinski definition) is 0. The van der Waals surface area contributed by atoms with Gasteiger partial charge in [-0.1, -0.05) is 37.6 Å². The van der Waals surface area contributed by atoms with Gasteiger partial charge in [0, 0.05) is 12.7 Å². The molecule has 0 spiro atoms. The maximum absolute atomic E-state index is 12.6. The first-order valence-electron chi connectivity index (χ1n) is 6.18. The molecule has 1 rings (SSSR count). The van der Waals surface area contributed by atoms with Crippen molar-refractivity contribution in [3.8, 4) is 0 Å². The van der Waals surface area contributed by atoms with Gasteiger partial charge in [0.1, 0.15) is 5.60 Å². The van der Waals surface area contributed by atoms with Gasteiger partial charge in [-0.3, -0.25) is 4.79 Å². The highest BCUT2D eigenvalue weighted by Crippen LogP contribution is 2.26. The van der Waals surface area contributed by atoms with Gasteiger partial charge >= 0.3 is 0 Å². The summed E-state index contributed by atoms with van der Waals surface area (Å²) in [6.45, 7) is 8.00. The molecule has 0 aliphatic rings. The van der Waals surface area contributed by atoms with Gasteiger partial charge in [-0.05, 0) is 32.3 Å². The SMILES string of the molecule is CCC(CC)(OC)C(=O)c1ccc(C)cc1C. The lowest BCUT2D eigenvalue weighted by molar-refractivity contribution is -0.00266. The van der Waals surface area contributed by atoms with E-state index in [2.05, 4.69) is 0 Å². The highest BCUT2D eigenvalue weighted by molar-refractivity contribution is 6.03. The molecule has 0 bridgehead atoms. The van der Waals surface area contributed by atoms with Crippen LogP contribution in [0.1, 0.15) is 48.2 Å². The van der Waals surface area contributed by atoms with Crippen LogP contribution in [0.15, 0.2) is 18.2 Å². The van der Waals surface area contributed by atoms with Crippen molar-refractivity contribution in [1.29, 1.82) is 0 Å². The molecule has 1 aromatic carbocycles. The number of carbonyl (C=O) groups is 1. The molecule has 1 aromatic rings. The van der Waals surface area contributed by atoms with Gasteiger partial charge in [-0.25, -0.2) is 0 Å². The van der Waals surface area contributed by atoms with E-state index >= 15 is 0 Å². The first kappa shape index (κ1) is 13.9. The van der Waals surface area contributed by atoms with Gasteiger partial charge in [0.05, 0.1) is 0 Å². The maximum atomic E-state index is 12.6. The van der Waals surface area contributed by atoms with E-state index in [1.54, 1.807) is 7.11 Å². The van der Waals surface area contributed by atoms with Gasteiger partial charge in [0.15, 0.2) is 5.78 Å². The Labute approximate surface area is 104 Å². The Bertz CT molecular complexity index is 395. The highest BCUT2D eigenvalue weighted by atomic mass is 16.5. The van der Waals surface area contributed by atoms with Crippen molar-refractivity contribution in [2.24, 2.45) is 0 Å². The van der Waals surface area contributed by atoms with Crippen LogP contribution >= 0.6 is 0 Å². The smallest absolute Gasteiger partial charge is 0.194 e. The molecule has 94 valence electrons. The van der Waals surface area contributed by atoms with E-state index in [4.69, 9.17) is 4.74 Å². The second-order valence-corrected chi connectivity index (χ2v) is 4.55. The number of Topliss-reactive ketones (excluding diaryl/α,β-unsaturated/α-hetero) is 1. The molecule has 0 aromatic heterocycles. The third kappa shape index (κ3) is 2.58. The van der Waals surface area contributed by atoms with E-state index in [0.29, 0.717) is 12.8 Å². The summed E-state index contributed by atoms with van der Waals surface area (Å²) in [5.41, 5.74) is 2.31. The van der Waals surface area contributed by atoms with Gasteiger partial charge in [0.2, 0.25) is 0 Å². The molecule has 0 aliphatic heterocycles. The summed E-state index contributed by atoms with van der Waals surface area (Å²) < 4.78 is 5.49. The third-order valence-corrected chi connectivity index (χ3v) is 3.57. The summed E-state index contributed by atoms with van der Waals surface area (Å²) >= 11 is 0. The number of aryl methyl sites for hydroxylation is 2. The quantitative estimate of drug-likeness (QED) is 0.726. The zero-order valence-corrected chi connectivity index (χ0v) is 11.5. The zero-order chi connectivity index (χ0) is 13.1. The van der Waals surface area contributed by atoms with Crippen molar-refractivity contribution in [2.75, 3.05) is 7.11 Å². The molecule has 17 heavy (non-hydrogen) atoms. The second kappa shape index (κ2) is 5.46. The Kier molecular flexibility index (Phi) is 4.47. The van der Waals surface area contributed by atoms with Crippen molar-refractivity contribution in [1.82, 2.24) is 0 Å². The van der Waals surface area contributed by atoms with E-state index in [0.717, 1.165) is 11.1 Å². The van der Waals surface area contributed by atoms with Crippen LogP contribution in [-0.2, 0) is 4.74 Å². The monoisotopic (exact) mass is 234 g/mol. The number of rotatable bonds is 5. The Balaban J connectivity index is 3.19. The summed E-state index contributed by atoms with van der Waals surface area (Å²) in [6.07, 6.45) is 1.40. The average molecular weight is 234 g/mol. The van der Waals surface area contributed by atoms with Crippen molar-refractivity contribution in [2.45, 2.75) is 46.1 Å². The van der Waals surface area contributed by atoms with Crippen LogP contribution in [0.5, 0.6) is 0 Å². The Hall–Kier alpha value is -1.15. The molecule has 2 heteroatoms. The molecule has 0 aliphatic carbocycles. The molecule has 0 saturated heterocycles. The summed E-state index contributed by atoms with van der Waals surface area (Å²) in [4.78, 5) is 12.6. The minimum absolute atomic E-state index is 0.0995. The Morgan fingerprint density at radius 1 is 1.24 bits per heavy atom. The van der Waals surface area contributed by atoms with Gasteiger partial charge in [-0.15, -0.1) is 0 Å². The van der Waals surface area contributed by atoms with Crippen LogP contribution in [0.3, 0.4) is 0 Å². The third-order valence-electron chi connectivity index (χ3n) is 3.57. The standard InChI is InChI=1S/C15H22O2/c1-6-15(7-2,17-5)14(16)13-9-8-11(3)10-12(13)4/h8-10H,6-7H2,1-5H3. The van der Waals surface area contributed by atoms with E-state index in [1.807, 2.05) is 45.9 Å². The van der Waals surface area contributed by atoms with Crippen LogP contribution in [0.4, 0.5) is 0 Å². The minimum Gasteiger partial charge on any atom is -0.370 e. The lowest BCUT2D eigenvalue weighted by Crippen LogP contribution is -2.39.